The molecule has 0 aromatic carbocycles. The van der Waals surface area contributed by atoms with Gasteiger partial charge in [0.2, 0.25) is 0 Å². The molecule has 0 aliphatic carbocycles. The molecule has 0 aliphatic heterocycles. The van der Waals surface area contributed by atoms with E-state index in [1.54, 1.807) is 6.92 Å². The highest BCUT2D eigenvalue weighted by molar-refractivity contribution is 8.04. The van der Waals surface area contributed by atoms with E-state index in [2.05, 4.69) is 0 Å². The lowest BCUT2D eigenvalue weighted by Gasteiger charge is -1.88. The maximum Gasteiger partial charge on any atom is 0.187 e. The van der Waals surface area contributed by atoms with Crippen LogP contribution in [0.2, 0.25) is 0 Å². The zero-order valence-corrected chi connectivity index (χ0v) is 5.53. The average molecular weight is 135 g/mol. The first kappa shape index (κ1) is 7.62. The Morgan fingerprint density at radius 3 is 2.25 bits per heavy atom. The summed E-state index contributed by atoms with van der Waals surface area (Å²) in [5.41, 5.74) is 0.497. The highest BCUT2D eigenvalue weighted by Crippen LogP contribution is 1.86. The van der Waals surface area contributed by atoms with Gasteiger partial charge in [-0.3, -0.25) is 5.41 Å². The van der Waals surface area contributed by atoms with E-state index < -0.39 is 9.84 Å². The SMILES string of the molecule is CCCS(=O)(=O)C=N. The van der Waals surface area contributed by atoms with Crippen molar-refractivity contribution < 1.29 is 8.42 Å². The molecule has 0 heterocycles. The Morgan fingerprint density at radius 1 is 1.62 bits per heavy atom. The van der Waals surface area contributed by atoms with Gasteiger partial charge >= 0.3 is 0 Å². The molecule has 0 spiro atoms. The predicted molar refractivity (Wildman–Crippen MR) is 32.9 cm³/mol. The maximum atomic E-state index is 10.4. The first-order valence-corrected chi connectivity index (χ1v) is 4.07. The average Bonchev–Trinajstić information content (AvgIpc) is 1.67. The van der Waals surface area contributed by atoms with Crippen LogP contribution in [0.1, 0.15) is 13.3 Å². The summed E-state index contributed by atoms with van der Waals surface area (Å²) in [7, 11) is -3.13. The summed E-state index contributed by atoms with van der Waals surface area (Å²) >= 11 is 0. The van der Waals surface area contributed by atoms with Gasteiger partial charge in [-0.1, -0.05) is 6.92 Å². The molecule has 48 valence electrons. The Hall–Kier alpha value is -0.380. The van der Waals surface area contributed by atoms with Crippen LogP contribution in [0, 0.1) is 5.41 Å². The van der Waals surface area contributed by atoms with E-state index in [0.717, 1.165) is 0 Å². The second-order valence-corrected chi connectivity index (χ2v) is 3.45. The maximum absolute atomic E-state index is 10.4. The van der Waals surface area contributed by atoms with Crippen LogP contribution in [0.25, 0.3) is 0 Å². The topological polar surface area (TPSA) is 58.0 Å². The summed E-state index contributed by atoms with van der Waals surface area (Å²) in [5, 5.41) is 6.40. The summed E-state index contributed by atoms with van der Waals surface area (Å²) in [6.07, 6.45) is 0.581. The van der Waals surface area contributed by atoms with E-state index in [1.165, 1.54) is 0 Å². The van der Waals surface area contributed by atoms with Gasteiger partial charge in [0.1, 0.15) is 5.55 Å². The van der Waals surface area contributed by atoms with Crippen LogP contribution in [0.15, 0.2) is 0 Å². The van der Waals surface area contributed by atoms with Crippen LogP contribution in [-0.2, 0) is 9.84 Å². The molecule has 0 amide bonds. The Balaban J connectivity index is 3.95. The minimum atomic E-state index is -3.13. The van der Waals surface area contributed by atoms with E-state index in [-0.39, 0.29) is 5.75 Å². The van der Waals surface area contributed by atoms with Crippen LogP contribution < -0.4 is 0 Å². The van der Waals surface area contributed by atoms with Crippen LogP contribution in [0.4, 0.5) is 0 Å². The molecule has 0 saturated heterocycles. The number of hydrogen-bond acceptors (Lipinski definition) is 3. The molecule has 4 heteroatoms. The molecular formula is C4H9NO2S. The fourth-order valence-corrected chi connectivity index (χ4v) is 1.03. The molecule has 0 bridgehead atoms. The van der Waals surface area contributed by atoms with Crippen molar-refractivity contribution in [1.82, 2.24) is 0 Å². The lowest BCUT2D eigenvalue weighted by Crippen LogP contribution is -2.04. The number of hydrogen-bond donors (Lipinski definition) is 1. The summed E-state index contributed by atoms with van der Waals surface area (Å²) in [6.45, 7) is 1.76. The molecule has 0 fully saturated rings. The quantitative estimate of drug-likeness (QED) is 0.450. The van der Waals surface area contributed by atoms with E-state index in [4.69, 9.17) is 5.41 Å². The normalized spacial score (nSPS) is 11.1. The molecular weight excluding hydrogens is 126 g/mol. The van der Waals surface area contributed by atoms with E-state index in [0.29, 0.717) is 12.0 Å². The van der Waals surface area contributed by atoms with Crippen molar-refractivity contribution in [1.29, 1.82) is 5.41 Å². The molecule has 0 aromatic rings. The van der Waals surface area contributed by atoms with Crippen LogP contribution in [-0.4, -0.2) is 19.7 Å². The highest BCUT2D eigenvalue weighted by Gasteiger charge is 2.00. The molecule has 0 unspecified atom stereocenters. The first-order chi connectivity index (χ1) is 3.62. The second kappa shape index (κ2) is 2.81. The fraction of sp³-hybridized carbons (Fsp3) is 0.750. The zero-order chi connectivity index (χ0) is 6.62. The van der Waals surface area contributed by atoms with Crippen molar-refractivity contribution in [3.05, 3.63) is 0 Å². The third-order valence-corrected chi connectivity index (χ3v) is 2.00. The zero-order valence-electron chi connectivity index (χ0n) is 4.72. The molecule has 3 nitrogen and oxygen atoms in total. The van der Waals surface area contributed by atoms with Crippen LogP contribution in [0.5, 0.6) is 0 Å². The lowest BCUT2D eigenvalue weighted by molar-refractivity contribution is 0.606. The fourth-order valence-electron chi connectivity index (χ4n) is 0.343. The molecule has 8 heavy (non-hydrogen) atoms. The molecule has 0 rings (SSSR count). The monoisotopic (exact) mass is 135 g/mol. The molecule has 0 radical (unpaired) electrons. The van der Waals surface area contributed by atoms with Gasteiger partial charge < -0.3 is 0 Å². The van der Waals surface area contributed by atoms with Crippen molar-refractivity contribution in [2.24, 2.45) is 0 Å². The second-order valence-electron chi connectivity index (χ2n) is 1.48. The summed E-state index contributed by atoms with van der Waals surface area (Å²) < 4.78 is 20.7. The molecule has 0 aromatic heterocycles. The summed E-state index contributed by atoms with van der Waals surface area (Å²) in [6, 6.07) is 0. The van der Waals surface area contributed by atoms with Gasteiger partial charge in [0.15, 0.2) is 9.84 Å². The smallest absolute Gasteiger partial charge is 0.187 e. The minimum Gasteiger partial charge on any atom is -0.297 e. The van der Waals surface area contributed by atoms with Crippen molar-refractivity contribution in [2.45, 2.75) is 13.3 Å². The van der Waals surface area contributed by atoms with Gasteiger partial charge in [-0.05, 0) is 6.42 Å². The predicted octanol–water partition coefficient (Wildman–Crippen LogP) is 0.418. The van der Waals surface area contributed by atoms with E-state index in [9.17, 15) is 8.42 Å². The van der Waals surface area contributed by atoms with Crippen molar-refractivity contribution in [3.63, 3.8) is 0 Å². The van der Waals surface area contributed by atoms with Gasteiger partial charge in [-0.25, -0.2) is 8.42 Å². The summed E-state index contributed by atoms with van der Waals surface area (Å²) in [5.74, 6) is 0.0937. The Morgan fingerprint density at radius 2 is 2.12 bits per heavy atom. The molecule has 0 saturated carbocycles. The summed E-state index contributed by atoms with van der Waals surface area (Å²) in [4.78, 5) is 0. The number of sulfone groups is 1. The third kappa shape index (κ3) is 2.74. The molecule has 0 aliphatic rings. The van der Waals surface area contributed by atoms with Gasteiger partial charge in [-0.15, -0.1) is 0 Å². The minimum absolute atomic E-state index is 0.0937. The van der Waals surface area contributed by atoms with E-state index >= 15 is 0 Å². The lowest BCUT2D eigenvalue weighted by atomic mass is 10.6. The Labute approximate surface area is 49.1 Å². The van der Waals surface area contributed by atoms with Crippen molar-refractivity contribution >= 4 is 15.4 Å². The third-order valence-electron chi connectivity index (χ3n) is 0.668. The van der Waals surface area contributed by atoms with Crippen molar-refractivity contribution in [2.75, 3.05) is 5.75 Å². The molecule has 0 atom stereocenters. The first-order valence-electron chi connectivity index (χ1n) is 2.35. The van der Waals surface area contributed by atoms with E-state index in [1.807, 2.05) is 0 Å². The van der Waals surface area contributed by atoms with Gasteiger partial charge in [0.05, 0.1) is 5.75 Å². The van der Waals surface area contributed by atoms with Crippen LogP contribution >= 0.6 is 0 Å². The van der Waals surface area contributed by atoms with Gasteiger partial charge in [0, 0.05) is 0 Å². The Kier molecular flexibility index (Phi) is 2.68. The van der Waals surface area contributed by atoms with Crippen molar-refractivity contribution in [3.8, 4) is 0 Å². The Bertz CT molecular complexity index is 159. The van der Waals surface area contributed by atoms with Crippen LogP contribution in [0.3, 0.4) is 0 Å². The van der Waals surface area contributed by atoms with Gasteiger partial charge in [-0.2, -0.15) is 0 Å². The molecule has 1 N–H and O–H groups in total. The van der Waals surface area contributed by atoms with Gasteiger partial charge in [0.25, 0.3) is 0 Å². The number of nitrogens with one attached hydrogen (secondary N) is 1. The largest absolute Gasteiger partial charge is 0.297 e. The highest BCUT2D eigenvalue weighted by atomic mass is 32.2. The number of rotatable bonds is 3. The standard InChI is InChI=1S/C4H9NO2S/c1-2-3-8(6,7)4-5/h4-5H,2-3H2,1H3.